The van der Waals surface area contributed by atoms with Crippen molar-refractivity contribution in [2.24, 2.45) is 35.5 Å². The topological polar surface area (TPSA) is 35.5 Å². The van der Waals surface area contributed by atoms with Crippen LogP contribution >= 0.6 is 0 Å². The van der Waals surface area contributed by atoms with Gasteiger partial charge in [-0.25, -0.2) is 0 Å². The average Bonchev–Trinajstić information content (AvgIpc) is 2.43. The number of ether oxygens (including phenoxy) is 2. The molecule has 0 spiro atoms. The van der Waals surface area contributed by atoms with Crippen LogP contribution in [0, 0.1) is 35.5 Å². The molecule has 0 aromatic heterocycles. The summed E-state index contributed by atoms with van der Waals surface area (Å²) >= 11 is 0. The van der Waals surface area contributed by atoms with E-state index in [0.29, 0.717) is 35.7 Å². The molecule has 0 amide bonds. The highest BCUT2D eigenvalue weighted by molar-refractivity contribution is 5.66. The van der Waals surface area contributed by atoms with Crippen molar-refractivity contribution >= 4 is 5.97 Å². The molecule has 0 N–H and O–H groups in total. The van der Waals surface area contributed by atoms with E-state index in [9.17, 15) is 4.79 Å². The normalized spacial score (nSPS) is 16.3. The molecule has 0 aliphatic carbocycles. The van der Waals surface area contributed by atoms with Gasteiger partial charge in [-0.1, -0.05) is 69.2 Å². The van der Waals surface area contributed by atoms with E-state index in [0.717, 1.165) is 12.3 Å². The van der Waals surface area contributed by atoms with Crippen LogP contribution in [0.2, 0.25) is 0 Å². The quantitative estimate of drug-likeness (QED) is 0.405. The third kappa shape index (κ3) is 13.6. The first-order valence-corrected chi connectivity index (χ1v) is 10.5. The van der Waals surface area contributed by atoms with Crippen molar-refractivity contribution in [1.29, 1.82) is 0 Å². The van der Waals surface area contributed by atoms with Crippen LogP contribution in [0.5, 0.6) is 0 Å². The smallest absolute Gasteiger partial charge is 0.302 e. The first-order valence-electron chi connectivity index (χ1n) is 10.5. The van der Waals surface area contributed by atoms with Crippen LogP contribution in [0.1, 0.15) is 89.0 Å². The van der Waals surface area contributed by atoms with Gasteiger partial charge in [0.2, 0.25) is 0 Å². The Bertz CT molecular complexity index is 347. The summed E-state index contributed by atoms with van der Waals surface area (Å²) in [4.78, 5) is 10.9. The Labute approximate surface area is 164 Å². The zero-order valence-electron chi connectivity index (χ0n) is 19.8. The summed E-state index contributed by atoms with van der Waals surface area (Å²) in [5.41, 5.74) is 0. The van der Waals surface area contributed by atoms with Gasteiger partial charge in [-0.05, 0) is 48.3 Å². The van der Waals surface area contributed by atoms with E-state index in [1.54, 1.807) is 0 Å². The minimum Gasteiger partial charge on any atom is -0.462 e. The number of hydrogen-bond acceptors (Lipinski definition) is 3. The maximum Gasteiger partial charge on any atom is 0.302 e. The van der Waals surface area contributed by atoms with Gasteiger partial charge in [-0.2, -0.15) is 0 Å². The molecule has 0 saturated carbocycles. The van der Waals surface area contributed by atoms with Crippen LogP contribution in [0.25, 0.3) is 0 Å². The molecule has 0 bridgehead atoms. The van der Waals surface area contributed by atoms with Crippen molar-refractivity contribution in [2.75, 3.05) is 7.11 Å². The van der Waals surface area contributed by atoms with Crippen LogP contribution < -0.4 is 0 Å². The Morgan fingerprint density at radius 1 is 0.692 bits per heavy atom. The van der Waals surface area contributed by atoms with Crippen molar-refractivity contribution < 1.29 is 14.3 Å². The Hall–Kier alpha value is -0.570. The molecule has 4 atom stereocenters. The van der Waals surface area contributed by atoms with Crippen molar-refractivity contribution in [1.82, 2.24) is 0 Å². The summed E-state index contributed by atoms with van der Waals surface area (Å²) < 4.78 is 10.8. The summed E-state index contributed by atoms with van der Waals surface area (Å²) in [5, 5.41) is 0. The number of carbonyl (C=O) groups excluding carboxylic acids is 1. The minimum atomic E-state index is -0.167. The van der Waals surface area contributed by atoms with Crippen LogP contribution in [0.3, 0.4) is 0 Å². The van der Waals surface area contributed by atoms with Gasteiger partial charge in [-0.3, -0.25) is 4.79 Å². The van der Waals surface area contributed by atoms with E-state index in [-0.39, 0.29) is 12.1 Å². The molecule has 0 radical (unpaired) electrons. The van der Waals surface area contributed by atoms with Crippen LogP contribution in [0.4, 0.5) is 0 Å². The highest BCUT2D eigenvalue weighted by atomic mass is 16.5. The van der Waals surface area contributed by atoms with E-state index in [1.165, 1.54) is 13.3 Å². The Morgan fingerprint density at radius 3 is 1.27 bits per heavy atom. The van der Waals surface area contributed by atoms with Gasteiger partial charge in [0.1, 0.15) is 6.10 Å². The summed E-state index contributed by atoms with van der Waals surface area (Å²) in [5.74, 6) is 3.41. The lowest BCUT2D eigenvalue weighted by Crippen LogP contribution is -2.30. The molecular formula is C23H48O3. The average molecular weight is 373 g/mol. The van der Waals surface area contributed by atoms with E-state index in [2.05, 4.69) is 69.2 Å². The number of rotatable bonds is 10. The molecular weight excluding hydrogens is 324 g/mol. The second-order valence-electron chi connectivity index (χ2n) is 9.48. The zero-order valence-corrected chi connectivity index (χ0v) is 19.8. The zero-order chi connectivity index (χ0) is 21.0. The summed E-state index contributed by atoms with van der Waals surface area (Å²) in [7, 11) is 1.82. The number of hydrogen-bond donors (Lipinski definition) is 0. The molecule has 0 aliphatic heterocycles. The van der Waals surface area contributed by atoms with E-state index >= 15 is 0 Å². The van der Waals surface area contributed by atoms with E-state index in [1.807, 2.05) is 7.11 Å². The maximum absolute atomic E-state index is 10.9. The van der Waals surface area contributed by atoms with Crippen LogP contribution in [0.15, 0.2) is 0 Å². The first-order chi connectivity index (χ1) is 11.8. The van der Waals surface area contributed by atoms with Gasteiger partial charge in [-0.15, -0.1) is 0 Å². The predicted octanol–water partition coefficient (Wildman–Crippen LogP) is 6.60. The monoisotopic (exact) mass is 372 g/mol. The second-order valence-corrected chi connectivity index (χ2v) is 9.48. The molecule has 0 saturated heterocycles. The van der Waals surface area contributed by atoms with Crippen molar-refractivity contribution in [3.05, 3.63) is 0 Å². The number of esters is 1. The fourth-order valence-corrected chi connectivity index (χ4v) is 4.02. The van der Waals surface area contributed by atoms with Gasteiger partial charge < -0.3 is 9.47 Å². The predicted molar refractivity (Wildman–Crippen MR) is 113 cm³/mol. The molecule has 0 rings (SSSR count). The van der Waals surface area contributed by atoms with Gasteiger partial charge >= 0.3 is 5.97 Å². The SMILES string of the molecule is CC(=O)O[C@@H](C(C)C)C(C)CC(C)C.CO[C@@H](C(C)C)C(C)CC(C)C. The Balaban J connectivity index is 0. The lowest BCUT2D eigenvalue weighted by molar-refractivity contribution is -0.151. The Kier molecular flexibility index (Phi) is 15.4. The van der Waals surface area contributed by atoms with E-state index < -0.39 is 0 Å². The lowest BCUT2D eigenvalue weighted by Gasteiger charge is -2.28. The lowest BCUT2D eigenvalue weighted by atomic mass is 9.88. The van der Waals surface area contributed by atoms with E-state index in [4.69, 9.17) is 9.47 Å². The summed E-state index contributed by atoms with van der Waals surface area (Å²) in [6, 6.07) is 0. The summed E-state index contributed by atoms with van der Waals surface area (Å²) in [6.45, 7) is 23.5. The molecule has 158 valence electrons. The number of methoxy groups -OCH3 is 1. The third-order valence-electron chi connectivity index (χ3n) is 4.70. The molecule has 0 aliphatic rings. The fourth-order valence-electron chi connectivity index (χ4n) is 4.02. The first kappa shape index (κ1) is 27.6. The second kappa shape index (κ2) is 14.5. The van der Waals surface area contributed by atoms with Crippen molar-refractivity contribution in [2.45, 2.75) is 101 Å². The molecule has 0 aromatic rings. The molecule has 2 unspecified atom stereocenters. The largest absolute Gasteiger partial charge is 0.462 e. The molecule has 0 aromatic carbocycles. The van der Waals surface area contributed by atoms with Crippen LogP contribution in [-0.4, -0.2) is 25.3 Å². The van der Waals surface area contributed by atoms with Crippen molar-refractivity contribution in [3.8, 4) is 0 Å². The third-order valence-corrected chi connectivity index (χ3v) is 4.70. The molecule has 0 fully saturated rings. The van der Waals surface area contributed by atoms with Crippen molar-refractivity contribution in [3.63, 3.8) is 0 Å². The standard InChI is InChI=1S/C12H24O2.C11H24O/c1-8(2)7-10(5)12(9(3)4)14-11(6)13;1-8(2)7-10(5)11(12-6)9(3)4/h8-10,12H,7H2,1-6H3;8-11H,7H2,1-6H3/t10?,12-;10?,11-/m00/s1. The molecule has 0 heterocycles. The van der Waals surface area contributed by atoms with Gasteiger partial charge in [0.15, 0.2) is 0 Å². The molecule has 3 heteroatoms. The number of carbonyl (C=O) groups is 1. The fraction of sp³-hybridized carbons (Fsp3) is 0.957. The highest BCUT2D eigenvalue weighted by Gasteiger charge is 2.24. The minimum absolute atomic E-state index is 0.0647. The summed E-state index contributed by atoms with van der Waals surface area (Å²) in [6.07, 6.45) is 2.86. The van der Waals surface area contributed by atoms with Crippen LogP contribution in [-0.2, 0) is 14.3 Å². The van der Waals surface area contributed by atoms with Gasteiger partial charge in [0, 0.05) is 14.0 Å². The van der Waals surface area contributed by atoms with Gasteiger partial charge in [0.25, 0.3) is 0 Å². The molecule has 26 heavy (non-hydrogen) atoms. The van der Waals surface area contributed by atoms with Gasteiger partial charge in [0.05, 0.1) is 6.10 Å². The maximum atomic E-state index is 10.9. The molecule has 3 nitrogen and oxygen atoms in total. The Morgan fingerprint density at radius 2 is 1.04 bits per heavy atom. The highest BCUT2D eigenvalue weighted by Crippen LogP contribution is 2.23.